The van der Waals surface area contributed by atoms with E-state index in [2.05, 4.69) is 10.2 Å². The number of rotatable bonds is 5. The maximum absolute atomic E-state index is 12.9. The normalized spacial score (nSPS) is 15.0. The van der Waals surface area contributed by atoms with Gasteiger partial charge in [-0.1, -0.05) is 11.6 Å². The van der Waals surface area contributed by atoms with Gasteiger partial charge in [0.25, 0.3) is 5.91 Å². The van der Waals surface area contributed by atoms with Crippen LogP contribution in [0.25, 0.3) is 6.08 Å². The molecule has 2 aromatic rings. The number of hydrogen-bond donors (Lipinski definition) is 1. The van der Waals surface area contributed by atoms with Gasteiger partial charge >= 0.3 is 6.18 Å². The van der Waals surface area contributed by atoms with E-state index < -0.39 is 17.6 Å². The predicted octanol–water partition coefficient (Wildman–Crippen LogP) is 4.41. The van der Waals surface area contributed by atoms with Crippen molar-refractivity contribution in [2.45, 2.75) is 6.18 Å². The summed E-state index contributed by atoms with van der Waals surface area (Å²) >= 11 is 5.96. The van der Waals surface area contributed by atoms with E-state index in [1.165, 1.54) is 19.3 Å². The molecule has 0 unspecified atom stereocenters. The highest BCUT2D eigenvalue weighted by atomic mass is 35.5. The topological polar surface area (TPSA) is 61.9 Å². The van der Waals surface area contributed by atoms with Gasteiger partial charge in [-0.3, -0.25) is 9.59 Å². The van der Waals surface area contributed by atoms with Crippen LogP contribution >= 0.6 is 11.6 Å². The van der Waals surface area contributed by atoms with Crippen LogP contribution in [0.15, 0.2) is 42.5 Å². The van der Waals surface area contributed by atoms with Gasteiger partial charge in [-0.25, -0.2) is 0 Å². The number of benzene rings is 2. The van der Waals surface area contributed by atoms with Gasteiger partial charge in [0.1, 0.15) is 5.75 Å². The van der Waals surface area contributed by atoms with Crippen molar-refractivity contribution in [3.05, 3.63) is 64.2 Å². The molecule has 0 bridgehead atoms. The Kier molecular flexibility index (Phi) is 7.65. The zero-order chi connectivity index (χ0) is 24.2. The minimum atomic E-state index is -4.53. The summed E-state index contributed by atoms with van der Waals surface area (Å²) in [7, 11) is 3.41. The van der Waals surface area contributed by atoms with E-state index >= 15 is 0 Å². The molecule has 6 nitrogen and oxygen atoms in total. The van der Waals surface area contributed by atoms with Crippen LogP contribution < -0.4 is 10.1 Å². The molecule has 2 aromatic carbocycles. The van der Waals surface area contributed by atoms with Crippen LogP contribution in [-0.4, -0.2) is 62.0 Å². The van der Waals surface area contributed by atoms with Gasteiger partial charge in [-0.15, -0.1) is 0 Å². The maximum atomic E-state index is 12.9. The van der Waals surface area contributed by atoms with Crippen molar-refractivity contribution in [2.24, 2.45) is 0 Å². The second-order valence-corrected chi connectivity index (χ2v) is 7.97. The van der Waals surface area contributed by atoms with Crippen LogP contribution in [0.2, 0.25) is 5.02 Å². The van der Waals surface area contributed by atoms with Gasteiger partial charge in [-0.2, -0.15) is 13.2 Å². The number of anilines is 1. The van der Waals surface area contributed by atoms with Crippen molar-refractivity contribution in [1.82, 2.24) is 9.80 Å². The highest BCUT2D eigenvalue weighted by Crippen LogP contribution is 2.32. The summed E-state index contributed by atoms with van der Waals surface area (Å²) in [4.78, 5) is 29.2. The SMILES string of the molecule is COc1ccc(C(=O)N2CCN(C)CC2)cc1NC(=O)C=Cc1cc(C(F)(F)F)ccc1Cl. The molecule has 0 aromatic heterocycles. The molecule has 0 atom stereocenters. The number of nitrogens with one attached hydrogen (secondary N) is 1. The van der Waals surface area contributed by atoms with Gasteiger partial charge in [0.15, 0.2) is 0 Å². The molecule has 2 amide bonds. The van der Waals surface area contributed by atoms with Gasteiger partial charge in [0.05, 0.1) is 18.4 Å². The molecule has 176 valence electrons. The standard InChI is InChI=1S/C23H23ClF3N3O3/c1-29-9-11-30(12-10-29)22(32)16-3-7-20(33-2)19(14-16)28-21(31)8-4-15-13-17(23(25,26)27)5-6-18(15)24/h3-8,13-14H,9-12H2,1-2H3,(H,28,31). The quantitative estimate of drug-likeness (QED) is 0.643. The van der Waals surface area contributed by atoms with E-state index in [0.29, 0.717) is 24.4 Å². The highest BCUT2D eigenvalue weighted by Gasteiger charge is 2.30. The minimum Gasteiger partial charge on any atom is -0.495 e. The third-order valence-electron chi connectivity index (χ3n) is 5.23. The number of carbonyl (C=O) groups excluding carboxylic acids is 2. The lowest BCUT2D eigenvalue weighted by molar-refractivity contribution is -0.137. The fraction of sp³-hybridized carbons (Fsp3) is 0.304. The summed E-state index contributed by atoms with van der Waals surface area (Å²) in [6.45, 7) is 2.75. The number of nitrogens with zero attached hydrogens (tertiary/aromatic N) is 2. The molecular formula is C23H23ClF3N3O3. The first-order valence-electron chi connectivity index (χ1n) is 10.1. The van der Waals surface area contributed by atoms with Crippen LogP contribution in [0.3, 0.4) is 0 Å². The van der Waals surface area contributed by atoms with E-state index in [9.17, 15) is 22.8 Å². The van der Waals surface area contributed by atoms with Crippen LogP contribution in [-0.2, 0) is 11.0 Å². The van der Waals surface area contributed by atoms with Crippen LogP contribution in [0.1, 0.15) is 21.5 Å². The van der Waals surface area contributed by atoms with Crippen molar-refractivity contribution < 1.29 is 27.5 Å². The Balaban J connectivity index is 1.76. The first-order chi connectivity index (χ1) is 15.6. The predicted molar refractivity (Wildman–Crippen MR) is 121 cm³/mol. The van der Waals surface area contributed by atoms with Crippen LogP contribution in [0.4, 0.5) is 18.9 Å². The monoisotopic (exact) mass is 481 g/mol. The number of halogens is 4. The minimum absolute atomic E-state index is 0.0487. The van der Waals surface area contributed by atoms with E-state index in [1.54, 1.807) is 17.0 Å². The van der Waals surface area contributed by atoms with Crippen molar-refractivity contribution in [2.75, 3.05) is 45.7 Å². The molecule has 0 spiro atoms. The number of carbonyl (C=O) groups is 2. The Morgan fingerprint density at radius 3 is 2.42 bits per heavy atom. The maximum Gasteiger partial charge on any atom is 0.416 e. The highest BCUT2D eigenvalue weighted by molar-refractivity contribution is 6.32. The summed E-state index contributed by atoms with van der Waals surface area (Å²) in [5.41, 5.74) is -0.167. The molecule has 1 aliphatic rings. The Labute approximate surface area is 194 Å². The number of hydrogen-bond acceptors (Lipinski definition) is 4. The number of ether oxygens (including phenoxy) is 1. The zero-order valence-corrected chi connectivity index (χ0v) is 18.8. The third kappa shape index (κ3) is 6.27. The van der Waals surface area contributed by atoms with Crippen molar-refractivity contribution in [3.8, 4) is 5.75 Å². The van der Waals surface area contributed by atoms with Gasteiger partial charge in [-0.05, 0) is 55.1 Å². The van der Waals surface area contributed by atoms with E-state index in [-0.39, 0.29) is 22.2 Å². The summed E-state index contributed by atoms with van der Waals surface area (Å²) in [6.07, 6.45) is -2.27. The summed E-state index contributed by atoms with van der Waals surface area (Å²) in [5, 5.41) is 2.68. The first-order valence-corrected chi connectivity index (χ1v) is 10.5. The van der Waals surface area contributed by atoms with Crippen molar-refractivity contribution >= 4 is 35.2 Å². The molecule has 0 aliphatic carbocycles. The molecule has 1 saturated heterocycles. The fourth-order valence-electron chi connectivity index (χ4n) is 3.32. The molecular weight excluding hydrogens is 459 g/mol. The average Bonchev–Trinajstić information content (AvgIpc) is 2.77. The second kappa shape index (κ2) is 10.3. The number of likely N-dealkylation sites (N-methyl/N-ethyl adjacent to an activating group) is 1. The first kappa shape index (κ1) is 24.6. The van der Waals surface area contributed by atoms with Crippen LogP contribution in [0.5, 0.6) is 5.75 Å². The molecule has 1 heterocycles. The molecule has 1 aliphatic heterocycles. The number of amides is 2. The molecule has 10 heteroatoms. The third-order valence-corrected chi connectivity index (χ3v) is 5.58. The summed E-state index contributed by atoms with van der Waals surface area (Å²) in [5.74, 6) is -0.442. The molecule has 3 rings (SSSR count). The lowest BCUT2D eigenvalue weighted by Crippen LogP contribution is -2.47. The molecule has 33 heavy (non-hydrogen) atoms. The zero-order valence-electron chi connectivity index (χ0n) is 18.1. The summed E-state index contributed by atoms with van der Waals surface area (Å²) < 4.78 is 44.1. The van der Waals surface area contributed by atoms with Gasteiger partial charge in [0.2, 0.25) is 5.91 Å². The Bertz CT molecular complexity index is 1060. The van der Waals surface area contributed by atoms with Crippen LogP contribution in [0, 0.1) is 0 Å². The largest absolute Gasteiger partial charge is 0.495 e. The van der Waals surface area contributed by atoms with Crippen molar-refractivity contribution in [3.63, 3.8) is 0 Å². The number of alkyl halides is 3. The average molecular weight is 482 g/mol. The second-order valence-electron chi connectivity index (χ2n) is 7.57. The van der Waals surface area contributed by atoms with E-state index in [0.717, 1.165) is 37.4 Å². The number of methoxy groups -OCH3 is 1. The van der Waals surface area contributed by atoms with Crippen molar-refractivity contribution in [1.29, 1.82) is 0 Å². The Morgan fingerprint density at radius 1 is 1.09 bits per heavy atom. The molecule has 1 N–H and O–H groups in total. The smallest absolute Gasteiger partial charge is 0.416 e. The van der Waals surface area contributed by atoms with Gasteiger partial charge in [0, 0.05) is 42.8 Å². The molecule has 0 saturated carbocycles. The Morgan fingerprint density at radius 2 is 1.79 bits per heavy atom. The number of piperazine rings is 1. The molecule has 1 fully saturated rings. The fourth-order valence-corrected chi connectivity index (χ4v) is 3.50. The lowest BCUT2D eigenvalue weighted by atomic mass is 10.1. The lowest BCUT2D eigenvalue weighted by Gasteiger charge is -2.32. The van der Waals surface area contributed by atoms with Gasteiger partial charge < -0.3 is 19.9 Å². The van der Waals surface area contributed by atoms with E-state index in [1.807, 2.05) is 7.05 Å². The summed E-state index contributed by atoms with van der Waals surface area (Å²) in [6, 6.07) is 7.57. The van der Waals surface area contributed by atoms with E-state index in [4.69, 9.17) is 16.3 Å². The Hall–Kier alpha value is -3.04. The molecule has 0 radical (unpaired) electrons.